The highest BCUT2D eigenvalue weighted by atomic mass is 16.5. The number of nitrogens with zero attached hydrogens (tertiary/aromatic N) is 2. The summed E-state index contributed by atoms with van der Waals surface area (Å²) in [6, 6.07) is 0. The van der Waals surface area contributed by atoms with Gasteiger partial charge in [-0.3, -0.25) is 9.59 Å². The topological polar surface area (TPSA) is 59.1 Å². The number of methoxy groups -OCH3 is 1. The van der Waals surface area contributed by atoms with E-state index >= 15 is 0 Å². The molecule has 6 heteroatoms. The van der Waals surface area contributed by atoms with Gasteiger partial charge in [0.05, 0.1) is 13.2 Å². The molecule has 0 aliphatic carbocycles. The third-order valence-corrected chi connectivity index (χ3v) is 3.22. The molecule has 1 aliphatic heterocycles. The van der Waals surface area contributed by atoms with Crippen molar-refractivity contribution in [1.29, 1.82) is 0 Å². The minimum atomic E-state index is -0.366. The Hall–Kier alpha value is -1.14. The van der Waals surface area contributed by atoms with Crippen LogP contribution in [0.1, 0.15) is 20.8 Å². The van der Waals surface area contributed by atoms with Crippen LogP contribution in [0.15, 0.2) is 0 Å². The number of ether oxygens (including phenoxy) is 2. The summed E-state index contributed by atoms with van der Waals surface area (Å²) in [5.41, 5.74) is -0.366. The van der Waals surface area contributed by atoms with Gasteiger partial charge in [-0.25, -0.2) is 0 Å². The number of carbonyl (C=O) groups is 2. The SMILES string of the molecule is COCCOCC(=O)N1CCN(C(=O)C(C)(C)C)CC1. The summed E-state index contributed by atoms with van der Waals surface area (Å²) in [6.07, 6.45) is 0. The van der Waals surface area contributed by atoms with Crippen LogP contribution in [0.5, 0.6) is 0 Å². The van der Waals surface area contributed by atoms with Crippen molar-refractivity contribution < 1.29 is 19.1 Å². The maximum atomic E-state index is 12.1. The van der Waals surface area contributed by atoms with Crippen molar-refractivity contribution in [3.05, 3.63) is 0 Å². The number of amides is 2. The molecule has 1 heterocycles. The molecule has 6 nitrogen and oxygen atoms in total. The van der Waals surface area contributed by atoms with Crippen LogP contribution in [0.3, 0.4) is 0 Å². The summed E-state index contributed by atoms with van der Waals surface area (Å²) in [5, 5.41) is 0. The second-order valence-corrected chi connectivity index (χ2v) is 5.97. The predicted molar refractivity (Wildman–Crippen MR) is 75.3 cm³/mol. The molecule has 0 aromatic heterocycles. The normalized spacial score (nSPS) is 16.4. The molecule has 0 unspecified atom stereocenters. The van der Waals surface area contributed by atoms with Gasteiger partial charge in [0.15, 0.2) is 0 Å². The Bertz CT molecular complexity index is 331. The van der Waals surface area contributed by atoms with Crippen molar-refractivity contribution in [2.45, 2.75) is 20.8 Å². The predicted octanol–water partition coefficient (Wildman–Crippen LogP) is 0.366. The van der Waals surface area contributed by atoms with Crippen molar-refractivity contribution in [3.63, 3.8) is 0 Å². The molecule has 116 valence electrons. The molecule has 0 N–H and O–H groups in total. The Kier molecular flexibility index (Phi) is 6.42. The fourth-order valence-corrected chi connectivity index (χ4v) is 2.03. The highest BCUT2D eigenvalue weighted by Crippen LogP contribution is 2.18. The van der Waals surface area contributed by atoms with Gasteiger partial charge in [-0.05, 0) is 0 Å². The molecule has 0 aromatic rings. The quantitative estimate of drug-likeness (QED) is 0.685. The first-order valence-electron chi connectivity index (χ1n) is 7.00. The Labute approximate surface area is 121 Å². The largest absolute Gasteiger partial charge is 0.382 e. The van der Waals surface area contributed by atoms with E-state index in [0.717, 1.165) is 0 Å². The standard InChI is InChI=1S/C14H26N2O4/c1-14(2,3)13(18)16-7-5-15(6-8-16)12(17)11-20-10-9-19-4/h5-11H2,1-4H3. The monoisotopic (exact) mass is 286 g/mol. The van der Waals surface area contributed by atoms with Gasteiger partial charge in [0.2, 0.25) is 11.8 Å². The fraction of sp³-hybridized carbons (Fsp3) is 0.857. The minimum absolute atomic E-state index is 0.0241. The van der Waals surface area contributed by atoms with E-state index in [9.17, 15) is 9.59 Å². The summed E-state index contributed by atoms with van der Waals surface area (Å²) in [4.78, 5) is 27.6. The van der Waals surface area contributed by atoms with Crippen molar-refractivity contribution in [3.8, 4) is 0 Å². The van der Waals surface area contributed by atoms with Crippen LogP contribution < -0.4 is 0 Å². The summed E-state index contributed by atoms with van der Waals surface area (Å²) in [6.45, 7) is 9.08. The highest BCUT2D eigenvalue weighted by Gasteiger charge is 2.30. The molecule has 1 rings (SSSR count). The van der Waals surface area contributed by atoms with Crippen LogP contribution in [0, 0.1) is 5.41 Å². The lowest BCUT2D eigenvalue weighted by Crippen LogP contribution is -2.53. The molecule has 1 saturated heterocycles. The third kappa shape index (κ3) is 5.09. The zero-order chi connectivity index (χ0) is 15.2. The molecular weight excluding hydrogens is 260 g/mol. The van der Waals surface area contributed by atoms with E-state index in [2.05, 4.69) is 0 Å². The van der Waals surface area contributed by atoms with Crippen molar-refractivity contribution in [2.24, 2.45) is 5.41 Å². The first-order chi connectivity index (χ1) is 9.36. The molecule has 0 atom stereocenters. The third-order valence-electron chi connectivity index (χ3n) is 3.22. The lowest BCUT2D eigenvalue weighted by molar-refractivity contribution is -0.146. The van der Waals surface area contributed by atoms with E-state index in [1.807, 2.05) is 25.7 Å². The number of rotatable bonds is 5. The molecule has 0 aromatic carbocycles. The molecule has 0 bridgehead atoms. The number of piperazine rings is 1. The van der Waals surface area contributed by atoms with Gasteiger partial charge < -0.3 is 19.3 Å². The van der Waals surface area contributed by atoms with Crippen molar-refractivity contribution in [2.75, 3.05) is 53.1 Å². The molecule has 0 radical (unpaired) electrons. The Balaban J connectivity index is 2.31. The lowest BCUT2D eigenvalue weighted by atomic mass is 9.94. The smallest absolute Gasteiger partial charge is 0.248 e. The van der Waals surface area contributed by atoms with Crippen molar-refractivity contribution >= 4 is 11.8 Å². The Morgan fingerprint density at radius 1 is 1.00 bits per heavy atom. The van der Waals surface area contributed by atoms with Crippen LogP contribution in [-0.4, -0.2) is 74.7 Å². The van der Waals surface area contributed by atoms with Crippen LogP contribution in [0.25, 0.3) is 0 Å². The molecule has 0 spiro atoms. The van der Waals surface area contributed by atoms with Gasteiger partial charge in [0.25, 0.3) is 0 Å². The van der Waals surface area contributed by atoms with Crippen LogP contribution in [0.2, 0.25) is 0 Å². The van der Waals surface area contributed by atoms with E-state index in [-0.39, 0.29) is 23.8 Å². The van der Waals surface area contributed by atoms with Gasteiger partial charge in [-0.1, -0.05) is 20.8 Å². The van der Waals surface area contributed by atoms with Gasteiger partial charge >= 0.3 is 0 Å². The zero-order valence-electron chi connectivity index (χ0n) is 13.0. The van der Waals surface area contributed by atoms with E-state index in [4.69, 9.17) is 9.47 Å². The first kappa shape index (κ1) is 16.9. The fourth-order valence-electron chi connectivity index (χ4n) is 2.03. The van der Waals surface area contributed by atoms with Gasteiger partial charge in [-0.15, -0.1) is 0 Å². The van der Waals surface area contributed by atoms with Crippen molar-refractivity contribution in [1.82, 2.24) is 9.80 Å². The Morgan fingerprint density at radius 3 is 2.05 bits per heavy atom. The van der Waals surface area contributed by atoms with Gasteiger partial charge in [0.1, 0.15) is 6.61 Å². The van der Waals surface area contributed by atoms with Gasteiger partial charge in [-0.2, -0.15) is 0 Å². The summed E-state index contributed by atoms with van der Waals surface area (Å²) in [5.74, 6) is 0.116. The van der Waals surface area contributed by atoms with Crippen LogP contribution in [-0.2, 0) is 19.1 Å². The maximum Gasteiger partial charge on any atom is 0.248 e. The highest BCUT2D eigenvalue weighted by molar-refractivity contribution is 5.82. The van der Waals surface area contributed by atoms with Crippen LogP contribution >= 0.6 is 0 Å². The second kappa shape index (κ2) is 7.59. The maximum absolute atomic E-state index is 12.1. The number of hydrogen-bond acceptors (Lipinski definition) is 4. The van der Waals surface area contributed by atoms with E-state index < -0.39 is 0 Å². The average molecular weight is 286 g/mol. The molecule has 20 heavy (non-hydrogen) atoms. The van der Waals surface area contributed by atoms with E-state index in [0.29, 0.717) is 39.4 Å². The lowest BCUT2D eigenvalue weighted by Gasteiger charge is -2.37. The van der Waals surface area contributed by atoms with E-state index in [1.165, 1.54) is 0 Å². The molecule has 1 aliphatic rings. The average Bonchev–Trinajstić information content (AvgIpc) is 2.41. The molecule has 1 fully saturated rings. The molecule has 2 amide bonds. The minimum Gasteiger partial charge on any atom is -0.382 e. The second-order valence-electron chi connectivity index (χ2n) is 5.97. The number of hydrogen-bond donors (Lipinski definition) is 0. The summed E-state index contributed by atoms with van der Waals surface area (Å²) >= 11 is 0. The molecule has 0 saturated carbocycles. The first-order valence-corrected chi connectivity index (χ1v) is 7.00. The number of carbonyl (C=O) groups excluding carboxylic acids is 2. The van der Waals surface area contributed by atoms with Crippen LogP contribution in [0.4, 0.5) is 0 Å². The Morgan fingerprint density at radius 2 is 1.55 bits per heavy atom. The van der Waals surface area contributed by atoms with E-state index in [1.54, 1.807) is 12.0 Å². The molecular formula is C14H26N2O4. The summed E-state index contributed by atoms with van der Waals surface area (Å²) in [7, 11) is 1.59. The zero-order valence-corrected chi connectivity index (χ0v) is 13.0. The summed E-state index contributed by atoms with van der Waals surface area (Å²) < 4.78 is 10.1. The van der Waals surface area contributed by atoms with Gasteiger partial charge in [0, 0.05) is 38.7 Å².